The van der Waals surface area contributed by atoms with Crippen molar-refractivity contribution < 1.29 is 18.3 Å². The summed E-state index contributed by atoms with van der Waals surface area (Å²) in [4.78, 5) is 12.2. The van der Waals surface area contributed by atoms with Gasteiger partial charge in [0, 0.05) is 0 Å². The normalized spacial score (nSPS) is 10.3. The molecule has 0 aliphatic rings. The third-order valence-corrected chi connectivity index (χ3v) is 2.87. The molecule has 0 heterocycles. The van der Waals surface area contributed by atoms with E-state index in [1.54, 1.807) is 18.2 Å². The largest absolute Gasteiger partial charge is 0.496 e. The Kier molecular flexibility index (Phi) is 3.60. The second-order valence-corrected chi connectivity index (χ2v) is 4.09. The fourth-order valence-corrected chi connectivity index (χ4v) is 1.80. The molecule has 98 valence electrons. The molecule has 0 saturated carbocycles. The molecule has 0 spiro atoms. The van der Waals surface area contributed by atoms with E-state index in [4.69, 9.17) is 4.74 Å². The van der Waals surface area contributed by atoms with Crippen molar-refractivity contribution in [1.29, 1.82) is 0 Å². The van der Waals surface area contributed by atoms with Crippen LogP contribution in [0.3, 0.4) is 0 Å². The summed E-state index contributed by atoms with van der Waals surface area (Å²) < 4.78 is 32.3. The molecule has 0 N–H and O–H groups in total. The predicted molar refractivity (Wildman–Crippen MR) is 67.5 cm³/mol. The van der Waals surface area contributed by atoms with E-state index in [1.165, 1.54) is 32.2 Å². The van der Waals surface area contributed by atoms with E-state index in [-0.39, 0.29) is 16.7 Å². The first-order valence-electron chi connectivity index (χ1n) is 5.68. The zero-order valence-electron chi connectivity index (χ0n) is 10.5. The number of methoxy groups -OCH3 is 1. The number of rotatable bonds is 3. The second kappa shape index (κ2) is 5.18. The average Bonchev–Trinajstić information content (AvgIpc) is 2.44. The summed E-state index contributed by atoms with van der Waals surface area (Å²) in [6.07, 6.45) is 0. The maximum Gasteiger partial charge on any atom is 0.199 e. The van der Waals surface area contributed by atoms with E-state index in [9.17, 15) is 13.6 Å². The predicted octanol–water partition coefficient (Wildman–Crippen LogP) is 3.51. The molecular formula is C15H12F2O2. The van der Waals surface area contributed by atoms with Crippen molar-refractivity contribution in [2.75, 3.05) is 7.11 Å². The lowest BCUT2D eigenvalue weighted by atomic mass is 10.0. The van der Waals surface area contributed by atoms with Crippen LogP contribution in [-0.2, 0) is 0 Å². The van der Waals surface area contributed by atoms with Crippen molar-refractivity contribution in [3.8, 4) is 5.75 Å². The topological polar surface area (TPSA) is 26.3 Å². The highest BCUT2D eigenvalue weighted by atomic mass is 19.2. The van der Waals surface area contributed by atoms with Crippen LogP contribution < -0.4 is 4.74 Å². The Morgan fingerprint density at radius 3 is 2.37 bits per heavy atom. The van der Waals surface area contributed by atoms with Crippen molar-refractivity contribution in [1.82, 2.24) is 0 Å². The van der Waals surface area contributed by atoms with E-state index < -0.39 is 17.4 Å². The fraction of sp³-hybridized carbons (Fsp3) is 0.133. The lowest BCUT2D eigenvalue weighted by Crippen LogP contribution is -2.08. The van der Waals surface area contributed by atoms with Crippen LogP contribution in [0.5, 0.6) is 5.75 Å². The van der Waals surface area contributed by atoms with Gasteiger partial charge in [0.1, 0.15) is 5.75 Å². The number of hydrogen-bond donors (Lipinski definition) is 0. The van der Waals surface area contributed by atoms with E-state index in [2.05, 4.69) is 0 Å². The van der Waals surface area contributed by atoms with Crippen molar-refractivity contribution in [3.63, 3.8) is 0 Å². The third-order valence-electron chi connectivity index (χ3n) is 2.87. The van der Waals surface area contributed by atoms with Crippen LogP contribution in [0.1, 0.15) is 21.5 Å². The van der Waals surface area contributed by atoms with Crippen molar-refractivity contribution in [2.24, 2.45) is 0 Å². The maximum absolute atomic E-state index is 13.8. The lowest BCUT2D eigenvalue weighted by molar-refractivity contribution is 0.103. The molecule has 0 aliphatic carbocycles. The van der Waals surface area contributed by atoms with Gasteiger partial charge in [0.05, 0.1) is 18.2 Å². The molecule has 0 unspecified atom stereocenters. The van der Waals surface area contributed by atoms with Crippen LogP contribution in [0.15, 0.2) is 36.4 Å². The fourth-order valence-electron chi connectivity index (χ4n) is 1.80. The lowest BCUT2D eigenvalue weighted by Gasteiger charge is -2.09. The number of para-hydroxylation sites is 1. The molecule has 0 aromatic heterocycles. The van der Waals surface area contributed by atoms with Crippen molar-refractivity contribution in [2.45, 2.75) is 6.92 Å². The summed E-state index contributed by atoms with van der Waals surface area (Å²) in [6.45, 7) is 1.44. The molecule has 4 heteroatoms. The van der Waals surface area contributed by atoms with E-state index in [0.29, 0.717) is 5.75 Å². The van der Waals surface area contributed by atoms with Crippen LogP contribution in [0, 0.1) is 18.6 Å². The number of ether oxygens (including phenoxy) is 1. The molecule has 2 aromatic rings. The molecule has 0 aliphatic heterocycles. The number of benzene rings is 2. The first-order chi connectivity index (χ1) is 9.06. The molecule has 0 atom stereocenters. The second-order valence-electron chi connectivity index (χ2n) is 4.09. The summed E-state index contributed by atoms with van der Waals surface area (Å²) in [5.41, 5.74) is 0.0637. The van der Waals surface area contributed by atoms with Crippen molar-refractivity contribution >= 4 is 5.78 Å². The summed E-state index contributed by atoms with van der Waals surface area (Å²) in [6, 6.07) is 9.09. The quantitative estimate of drug-likeness (QED) is 0.791. The van der Waals surface area contributed by atoms with Gasteiger partial charge in [-0.25, -0.2) is 8.78 Å². The molecule has 19 heavy (non-hydrogen) atoms. The number of carbonyl (C=O) groups is 1. The van der Waals surface area contributed by atoms with Crippen LogP contribution in [0.2, 0.25) is 0 Å². The summed E-state index contributed by atoms with van der Waals surface area (Å²) >= 11 is 0. The molecule has 0 amide bonds. The van der Waals surface area contributed by atoms with E-state index >= 15 is 0 Å². The molecule has 0 bridgehead atoms. The van der Waals surface area contributed by atoms with Crippen LogP contribution in [-0.4, -0.2) is 12.9 Å². The minimum atomic E-state index is -1.13. The van der Waals surface area contributed by atoms with Gasteiger partial charge in [-0.15, -0.1) is 0 Å². The van der Waals surface area contributed by atoms with Gasteiger partial charge in [0.25, 0.3) is 0 Å². The number of halogens is 2. The first kappa shape index (κ1) is 13.2. The Morgan fingerprint density at radius 1 is 1.00 bits per heavy atom. The van der Waals surface area contributed by atoms with Crippen LogP contribution >= 0.6 is 0 Å². The average molecular weight is 262 g/mol. The Morgan fingerprint density at radius 2 is 1.68 bits per heavy atom. The van der Waals surface area contributed by atoms with Gasteiger partial charge in [0.2, 0.25) is 0 Å². The molecular weight excluding hydrogens is 250 g/mol. The highest BCUT2D eigenvalue weighted by molar-refractivity contribution is 6.10. The minimum absolute atomic E-state index is 0.161. The smallest absolute Gasteiger partial charge is 0.199 e. The van der Waals surface area contributed by atoms with Gasteiger partial charge in [0.15, 0.2) is 17.4 Å². The van der Waals surface area contributed by atoms with Crippen molar-refractivity contribution in [3.05, 3.63) is 64.7 Å². The van der Waals surface area contributed by atoms with Crippen LogP contribution in [0.4, 0.5) is 8.78 Å². The van der Waals surface area contributed by atoms with Gasteiger partial charge in [-0.3, -0.25) is 4.79 Å². The molecule has 2 rings (SSSR count). The molecule has 2 nitrogen and oxygen atoms in total. The zero-order valence-corrected chi connectivity index (χ0v) is 10.5. The van der Waals surface area contributed by atoms with Gasteiger partial charge in [-0.1, -0.05) is 18.2 Å². The third kappa shape index (κ3) is 2.34. The zero-order chi connectivity index (χ0) is 14.0. The standard InChI is InChI=1S/C15H12F2O2/c1-9-7-8-11(14(17)13(9)16)15(18)10-5-3-4-6-12(10)19-2/h3-8H,1-2H3. The monoisotopic (exact) mass is 262 g/mol. The summed E-state index contributed by atoms with van der Waals surface area (Å²) in [5, 5.41) is 0. The Hall–Kier alpha value is -2.23. The molecule has 0 radical (unpaired) electrons. The Balaban J connectivity index is 2.54. The number of carbonyl (C=O) groups excluding carboxylic acids is 1. The highest BCUT2D eigenvalue weighted by Gasteiger charge is 2.20. The number of aryl methyl sites for hydroxylation is 1. The van der Waals surface area contributed by atoms with E-state index in [0.717, 1.165) is 0 Å². The summed E-state index contributed by atoms with van der Waals surface area (Å²) in [5.74, 6) is -2.40. The maximum atomic E-state index is 13.8. The molecule has 0 fully saturated rings. The number of hydrogen-bond acceptors (Lipinski definition) is 2. The number of ketones is 1. The minimum Gasteiger partial charge on any atom is -0.496 e. The molecule has 2 aromatic carbocycles. The molecule has 0 saturated heterocycles. The Bertz CT molecular complexity index is 636. The van der Waals surface area contributed by atoms with Gasteiger partial charge >= 0.3 is 0 Å². The highest BCUT2D eigenvalue weighted by Crippen LogP contribution is 2.24. The van der Waals surface area contributed by atoms with Gasteiger partial charge < -0.3 is 4.74 Å². The van der Waals surface area contributed by atoms with E-state index in [1.807, 2.05) is 0 Å². The van der Waals surface area contributed by atoms with Crippen LogP contribution in [0.25, 0.3) is 0 Å². The Labute approximate surface area is 109 Å². The summed E-state index contributed by atoms with van der Waals surface area (Å²) in [7, 11) is 1.41. The first-order valence-corrected chi connectivity index (χ1v) is 5.68. The van der Waals surface area contributed by atoms with Gasteiger partial charge in [-0.05, 0) is 30.7 Å². The van der Waals surface area contributed by atoms with Gasteiger partial charge in [-0.2, -0.15) is 0 Å². The SMILES string of the molecule is COc1ccccc1C(=O)c1ccc(C)c(F)c1F.